The average molecular weight is 404 g/mol. The van der Waals surface area contributed by atoms with Gasteiger partial charge in [-0.2, -0.15) is 0 Å². The fourth-order valence-corrected chi connectivity index (χ4v) is 5.49. The number of ketones is 1. The van der Waals surface area contributed by atoms with E-state index in [1.54, 1.807) is 15.9 Å². The van der Waals surface area contributed by atoms with Crippen LogP contribution in [0.4, 0.5) is 0 Å². The van der Waals surface area contributed by atoms with E-state index in [-0.39, 0.29) is 17.1 Å². The van der Waals surface area contributed by atoms with Crippen LogP contribution in [0.2, 0.25) is 0 Å². The molecule has 0 bridgehead atoms. The Balaban J connectivity index is 1.93. The largest absolute Gasteiger partial charge is 0.349 e. The molecule has 0 saturated carbocycles. The third kappa shape index (κ3) is 3.38. The van der Waals surface area contributed by atoms with Gasteiger partial charge in [0, 0.05) is 34.9 Å². The van der Waals surface area contributed by atoms with Gasteiger partial charge in [-0.15, -0.1) is 11.3 Å². The van der Waals surface area contributed by atoms with Crippen molar-refractivity contribution in [2.24, 2.45) is 0 Å². The first kappa shape index (κ1) is 19.9. The molecule has 3 aromatic heterocycles. The summed E-state index contributed by atoms with van der Waals surface area (Å²) in [6, 6.07) is 1.96. The van der Waals surface area contributed by atoms with Crippen LogP contribution >= 0.6 is 23.1 Å². The van der Waals surface area contributed by atoms with Crippen molar-refractivity contribution in [2.75, 3.05) is 5.75 Å². The summed E-state index contributed by atoms with van der Waals surface area (Å²) in [5.41, 5.74) is 3.85. The lowest BCUT2D eigenvalue weighted by molar-refractivity contribution is 0.102. The van der Waals surface area contributed by atoms with Crippen molar-refractivity contribution >= 4 is 39.1 Å². The molecule has 0 aliphatic carbocycles. The maximum absolute atomic E-state index is 12.9. The van der Waals surface area contributed by atoms with Crippen LogP contribution in [-0.4, -0.2) is 25.7 Å². The van der Waals surface area contributed by atoms with E-state index < -0.39 is 0 Å². The second kappa shape index (κ2) is 7.64. The molecule has 5 nitrogen and oxygen atoms in total. The molecule has 7 heteroatoms. The lowest BCUT2D eigenvalue weighted by Crippen LogP contribution is -2.22. The predicted molar refractivity (Wildman–Crippen MR) is 114 cm³/mol. The van der Waals surface area contributed by atoms with Gasteiger partial charge in [-0.25, -0.2) is 4.98 Å². The van der Waals surface area contributed by atoms with Crippen LogP contribution in [0.15, 0.2) is 16.0 Å². The highest BCUT2D eigenvalue weighted by Gasteiger charge is 2.19. The molecule has 144 valence electrons. The van der Waals surface area contributed by atoms with Gasteiger partial charge in [-0.05, 0) is 53.2 Å². The van der Waals surface area contributed by atoms with Crippen molar-refractivity contribution in [1.82, 2.24) is 14.1 Å². The van der Waals surface area contributed by atoms with Gasteiger partial charge in [0.1, 0.15) is 4.83 Å². The molecule has 0 unspecified atom stereocenters. The number of carbonyl (C=O) groups excluding carboxylic acids is 1. The van der Waals surface area contributed by atoms with Crippen LogP contribution in [-0.2, 0) is 13.1 Å². The molecule has 0 aromatic carbocycles. The third-order valence-electron chi connectivity index (χ3n) is 5.09. The minimum atomic E-state index is -0.0107. The number of fused-ring (bicyclic) bond motifs is 1. The molecule has 3 aromatic rings. The quantitative estimate of drug-likeness (QED) is 0.345. The number of thiophene rings is 1. The number of hydrogen-bond donors (Lipinski definition) is 0. The van der Waals surface area contributed by atoms with Gasteiger partial charge in [0.2, 0.25) is 0 Å². The SMILES string of the molecule is CCn1c(C)cc(C(=O)CSc2nc3sc(C)c(C)c3c(=O)n2CC)c1C. The van der Waals surface area contributed by atoms with Crippen LogP contribution in [0.25, 0.3) is 10.2 Å². The van der Waals surface area contributed by atoms with E-state index >= 15 is 0 Å². The maximum atomic E-state index is 12.9. The molecule has 0 radical (unpaired) electrons. The summed E-state index contributed by atoms with van der Waals surface area (Å²) < 4.78 is 3.82. The summed E-state index contributed by atoms with van der Waals surface area (Å²) in [7, 11) is 0. The number of thioether (sulfide) groups is 1. The summed E-state index contributed by atoms with van der Waals surface area (Å²) in [6.45, 7) is 13.4. The van der Waals surface area contributed by atoms with Crippen LogP contribution in [0.3, 0.4) is 0 Å². The average Bonchev–Trinajstić information content (AvgIpc) is 3.08. The minimum Gasteiger partial charge on any atom is -0.349 e. The number of nitrogens with zero attached hydrogens (tertiary/aromatic N) is 3. The van der Waals surface area contributed by atoms with Crippen molar-refractivity contribution in [1.29, 1.82) is 0 Å². The second-order valence-corrected chi connectivity index (χ2v) is 8.79. The van der Waals surface area contributed by atoms with Gasteiger partial charge in [-0.3, -0.25) is 14.2 Å². The number of aryl methyl sites for hydroxylation is 3. The van der Waals surface area contributed by atoms with Crippen LogP contribution in [0.5, 0.6) is 0 Å². The van der Waals surface area contributed by atoms with Crippen LogP contribution < -0.4 is 5.56 Å². The molecular formula is C20H25N3O2S2. The Bertz CT molecular complexity index is 1090. The van der Waals surface area contributed by atoms with E-state index in [1.807, 2.05) is 40.7 Å². The molecule has 0 amide bonds. The van der Waals surface area contributed by atoms with Gasteiger partial charge in [0.15, 0.2) is 10.9 Å². The zero-order chi connectivity index (χ0) is 19.9. The molecule has 0 saturated heterocycles. The summed E-state index contributed by atoms with van der Waals surface area (Å²) >= 11 is 2.89. The fraction of sp³-hybridized carbons (Fsp3) is 0.450. The molecule has 0 N–H and O–H groups in total. The Morgan fingerprint density at radius 2 is 1.81 bits per heavy atom. The van der Waals surface area contributed by atoms with E-state index in [9.17, 15) is 9.59 Å². The molecule has 3 heterocycles. The maximum Gasteiger partial charge on any atom is 0.263 e. The van der Waals surface area contributed by atoms with Gasteiger partial charge in [0.25, 0.3) is 5.56 Å². The first-order valence-corrected chi connectivity index (χ1v) is 10.9. The number of carbonyl (C=O) groups is 1. The number of hydrogen-bond acceptors (Lipinski definition) is 5. The second-order valence-electron chi connectivity index (χ2n) is 6.65. The van der Waals surface area contributed by atoms with Gasteiger partial charge < -0.3 is 4.57 Å². The van der Waals surface area contributed by atoms with E-state index in [1.165, 1.54) is 11.8 Å². The van der Waals surface area contributed by atoms with Gasteiger partial charge in [0.05, 0.1) is 11.1 Å². The Morgan fingerprint density at radius 1 is 1.15 bits per heavy atom. The zero-order valence-corrected chi connectivity index (χ0v) is 18.3. The van der Waals surface area contributed by atoms with Crippen molar-refractivity contribution in [3.63, 3.8) is 0 Å². The van der Waals surface area contributed by atoms with Crippen LogP contribution in [0.1, 0.15) is 46.0 Å². The van der Waals surface area contributed by atoms with E-state index in [4.69, 9.17) is 4.98 Å². The molecular weight excluding hydrogens is 378 g/mol. The molecule has 27 heavy (non-hydrogen) atoms. The smallest absolute Gasteiger partial charge is 0.263 e. The van der Waals surface area contributed by atoms with E-state index in [2.05, 4.69) is 11.5 Å². The van der Waals surface area contributed by atoms with Crippen molar-refractivity contribution in [3.8, 4) is 0 Å². The van der Waals surface area contributed by atoms with Gasteiger partial charge in [-0.1, -0.05) is 11.8 Å². The van der Waals surface area contributed by atoms with Crippen LogP contribution in [0, 0.1) is 27.7 Å². The summed E-state index contributed by atoms with van der Waals surface area (Å²) in [4.78, 5) is 32.3. The highest BCUT2D eigenvalue weighted by molar-refractivity contribution is 7.99. The Kier molecular flexibility index (Phi) is 5.63. The molecule has 0 aliphatic heterocycles. The molecule has 0 atom stereocenters. The molecule has 3 rings (SSSR count). The Morgan fingerprint density at radius 3 is 2.41 bits per heavy atom. The lowest BCUT2D eigenvalue weighted by Gasteiger charge is -2.10. The number of aromatic nitrogens is 3. The molecule has 0 aliphatic rings. The Hall–Kier alpha value is -1.86. The summed E-state index contributed by atoms with van der Waals surface area (Å²) in [5.74, 6) is 0.346. The predicted octanol–water partition coefficient (Wildman–Crippen LogP) is 4.51. The number of rotatable bonds is 6. The molecule has 0 spiro atoms. The first-order chi connectivity index (χ1) is 12.8. The monoisotopic (exact) mass is 403 g/mol. The fourth-order valence-electron chi connectivity index (χ4n) is 3.48. The Labute approximate surface area is 167 Å². The minimum absolute atomic E-state index is 0.0107. The van der Waals surface area contributed by atoms with Crippen molar-refractivity contribution in [3.05, 3.63) is 43.8 Å². The van der Waals surface area contributed by atoms with E-state index in [0.717, 1.165) is 38.8 Å². The highest BCUT2D eigenvalue weighted by atomic mass is 32.2. The highest BCUT2D eigenvalue weighted by Crippen LogP contribution is 2.29. The van der Waals surface area contributed by atoms with Crippen molar-refractivity contribution in [2.45, 2.75) is 59.8 Å². The third-order valence-corrected chi connectivity index (χ3v) is 7.17. The zero-order valence-electron chi connectivity index (χ0n) is 16.7. The van der Waals surface area contributed by atoms with Gasteiger partial charge >= 0.3 is 0 Å². The standard InChI is InChI=1S/C20H25N3O2S2/c1-7-22-11(3)9-15(13(22)5)16(24)10-26-20-21-18-17(12(4)14(6)27-18)19(25)23(20)8-2/h9H,7-8,10H2,1-6H3. The first-order valence-electron chi connectivity index (χ1n) is 9.13. The lowest BCUT2D eigenvalue weighted by atomic mass is 10.2. The summed E-state index contributed by atoms with van der Waals surface area (Å²) in [6.07, 6.45) is 0. The normalized spacial score (nSPS) is 11.5. The number of Topliss-reactive ketones (excluding diaryl/α,β-unsaturated/α-hetero) is 1. The topological polar surface area (TPSA) is 56.9 Å². The van der Waals surface area contributed by atoms with E-state index in [0.29, 0.717) is 17.1 Å². The summed E-state index contributed by atoms with van der Waals surface area (Å²) in [5, 5.41) is 1.33. The van der Waals surface area contributed by atoms with Crippen molar-refractivity contribution < 1.29 is 4.79 Å². The molecule has 0 fully saturated rings.